The van der Waals surface area contributed by atoms with E-state index in [2.05, 4.69) is 0 Å². The summed E-state index contributed by atoms with van der Waals surface area (Å²) < 4.78 is 29.9. The van der Waals surface area contributed by atoms with Crippen molar-refractivity contribution in [1.29, 1.82) is 0 Å². The van der Waals surface area contributed by atoms with Crippen LogP contribution in [0.3, 0.4) is 0 Å². The first-order chi connectivity index (χ1) is 4.76. The van der Waals surface area contributed by atoms with Crippen molar-refractivity contribution in [3.05, 3.63) is 0 Å². The van der Waals surface area contributed by atoms with Crippen LogP contribution in [0.15, 0.2) is 0 Å². The molecule has 0 saturated heterocycles. The van der Waals surface area contributed by atoms with Crippen molar-refractivity contribution >= 4 is 10.1 Å². The van der Waals surface area contributed by atoms with Crippen LogP contribution in [0.5, 0.6) is 0 Å². The van der Waals surface area contributed by atoms with Crippen LogP contribution in [0, 0.1) is 11.8 Å². The molecule has 4 heteroatoms. The standard InChI is InChI=1S/C7H16O3S/c1-5(2)6(3)7(4)11(8,9)10/h5-7H,1-4H3,(H,8,9,10). The molecule has 0 radical (unpaired) electrons. The Balaban J connectivity index is 4.38. The van der Waals surface area contributed by atoms with Crippen molar-refractivity contribution in [1.82, 2.24) is 0 Å². The number of hydrogen-bond acceptors (Lipinski definition) is 2. The Labute approximate surface area is 68.6 Å². The maximum absolute atomic E-state index is 10.6. The Bertz CT molecular complexity index is 206. The van der Waals surface area contributed by atoms with Crippen molar-refractivity contribution in [2.45, 2.75) is 32.9 Å². The molecule has 2 atom stereocenters. The highest BCUT2D eigenvalue weighted by atomic mass is 32.2. The molecule has 0 aromatic heterocycles. The van der Waals surface area contributed by atoms with E-state index in [4.69, 9.17) is 4.55 Å². The first-order valence-corrected chi connectivity index (χ1v) is 5.23. The van der Waals surface area contributed by atoms with E-state index in [1.54, 1.807) is 0 Å². The first-order valence-electron chi connectivity index (χ1n) is 3.73. The maximum Gasteiger partial charge on any atom is 0.267 e. The summed E-state index contributed by atoms with van der Waals surface area (Å²) in [5.41, 5.74) is 0. The molecule has 0 bridgehead atoms. The third kappa shape index (κ3) is 3.20. The third-order valence-electron chi connectivity index (χ3n) is 2.26. The zero-order valence-electron chi connectivity index (χ0n) is 7.40. The first kappa shape index (κ1) is 10.9. The van der Waals surface area contributed by atoms with Gasteiger partial charge in [-0.3, -0.25) is 4.55 Å². The molecule has 0 aromatic rings. The van der Waals surface area contributed by atoms with Crippen LogP contribution in [0.2, 0.25) is 0 Å². The molecule has 0 aliphatic heterocycles. The lowest BCUT2D eigenvalue weighted by Gasteiger charge is -2.20. The van der Waals surface area contributed by atoms with Crippen LogP contribution in [-0.4, -0.2) is 18.2 Å². The second kappa shape index (κ2) is 3.54. The van der Waals surface area contributed by atoms with Gasteiger partial charge in [0, 0.05) is 0 Å². The summed E-state index contributed by atoms with van der Waals surface area (Å²) in [6, 6.07) is 0. The quantitative estimate of drug-likeness (QED) is 0.670. The van der Waals surface area contributed by atoms with E-state index in [-0.39, 0.29) is 11.8 Å². The van der Waals surface area contributed by atoms with Gasteiger partial charge in [0.1, 0.15) is 0 Å². The van der Waals surface area contributed by atoms with Gasteiger partial charge in [-0.05, 0) is 18.8 Å². The Morgan fingerprint density at radius 3 is 1.55 bits per heavy atom. The Morgan fingerprint density at radius 1 is 1.09 bits per heavy atom. The second-order valence-electron chi connectivity index (χ2n) is 3.32. The van der Waals surface area contributed by atoms with E-state index in [0.29, 0.717) is 0 Å². The fraction of sp³-hybridized carbons (Fsp3) is 1.00. The second-order valence-corrected chi connectivity index (χ2v) is 5.10. The van der Waals surface area contributed by atoms with E-state index < -0.39 is 15.4 Å². The molecule has 0 fully saturated rings. The van der Waals surface area contributed by atoms with E-state index >= 15 is 0 Å². The van der Waals surface area contributed by atoms with Crippen molar-refractivity contribution < 1.29 is 13.0 Å². The van der Waals surface area contributed by atoms with Gasteiger partial charge in [0.2, 0.25) is 0 Å². The molecular weight excluding hydrogens is 164 g/mol. The average Bonchev–Trinajstić information content (AvgIpc) is 1.82. The average molecular weight is 180 g/mol. The smallest absolute Gasteiger partial charge is 0.267 e. The molecule has 0 aliphatic carbocycles. The lowest BCUT2D eigenvalue weighted by Crippen LogP contribution is -2.27. The largest absolute Gasteiger partial charge is 0.285 e. The van der Waals surface area contributed by atoms with Crippen LogP contribution < -0.4 is 0 Å². The molecule has 68 valence electrons. The molecule has 0 aromatic carbocycles. The lowest BCUT2D eigenvalue weighted by molar-refractivity contribution is 0.377. The maximum atomic E-state index is 10.6. The van der Waals surface area contributed by atoms with E-state index in [0.717, 1.165) is 0 Å². The van der Waals surface area contributed by atoms with E-state index in [1.807, 2.05) is 20.8 Å². The minimum Gasteiger partial charge on any atom is -0.285 e. The fourth-order valence-corrected chi connectivity index (χ4v) is 1.67. The Kier molecular flexibility index (Phi) is 3.51. The summed E-state index contributed by atoms with van der Waals surface area (Å²) >= 11 is 0. The normalized spacial score (nSPS) is 18.4. The van der Waals surface area contributed by atoms with Crippen LogP contribution in [0.4, 0.5) is 0 Å². The van der Waals surface area contributed by atoms with Crippen molar-refractivity contribution in [3.8, 4) is 0 Å². The SMILES string of the molecule is CC(C)C(C)C(C)S(=O)(=O)O. The van der Waals surface area contributed by atoms with Crippen LogP contribution in [-0.2, 0) is 10.1 Å². The fourth-order valence-electron chi connectivity index (χ4n) is 0.813. The molecule has 1 N–H and O–H groups in total. The lowest BCUT2D eigenvalue weighted by atomic mass is 9.95. The summed E-state index contributed by atoms with van der Waals surface area (Å²) in [5.74, 6) is 0.261. The van der Waals surface area contributed by atoms with Gasteiger partial charge in [0.05, 0.1) is 5.25 Å². The highest BCUT2D eigenvalue weighted by Crippen LogP contribution is 2.19. The van der Waals surface area contributed by atoms with Gasteiger partial charge < -0.3 is 0 Å². The predicted octanol–water partition coefficient (Wildman–Crippen LogP) is 1.55. The minimum atomic E-state index is -3.85. The summed E-state index contributed by atoms with van der Waals surface area (Å²) in [6.07, 6.45) is 0. The molecule has 0 aliphatic rings. The molecule has 0 heterocycles. The molecule has 11 heavy (non-hydrogen) atoms. The van der Waals surface area contributed by atoms with Crippen molar-refractivity contribution in [2.24, 2.45) is 11.8 Å². The Morgan fingerprint density at radius 2 is 1.45 bits per heavy atom. The van der Waals surface area contributed by atoms with Crippen molar-refractivity contribution in [3.63, 3.8) is 0 Å². The monoisotopic (exact) mass is 180 g/mol. The Hall–Kier alpha value is -0.0900. The van der Waals surface area contributed by atoms with Gasteiger partial charge in [-0.15, -0.1) is 0 Å². The van der Waals surface area contributed by atoms with Gasteiger partial charge in [-0.1, -0.05) is 20.8 Å². The van der Waals surface area contributed by atoms with Gasteiger partial charge in [-0.2, -0.15) is 8.42 Å². The number of rotatable bonds is 3. The highest BCUT2D eigenvalue weighted by molar-refractivity contribution is 7.86. The van der Waals surface area contributed by atoms with Gasteiger partial charge >= 0.3 is 0 Å². The minimum absolute atomic E-state index is 0.00926. The van der Waals surface area contributed by atoms with E-state index in [9.17, 15) is 8.42 Å². The van der Waals surface area contributed by atoms with Gasteiger partial charge in [-0.25, -0.2) is 0 Å². The summed E-state index contributed by atoms with van der Waals surface area (Å²) in [5, 5.41) is -0.664. The summed E-state index contributed by atoms with van der Waals surface area (Å²) in [6.45, 7) is 7.22. The number of hydrogen-bond donors (Lipinski definition) is 1. The zero-order valence-corrected chi connectivity index (χ0v) is 8.22. The molecule has 0 amide bonds. The van der Waals surface area contributed by atoms with Gasteiger partial charge in [0.15, 0.2) is 0 Å². The van der Waals surface area contributed by atoms with E-state index in [1.165, 1.54) is 6.92 Å². The van der Waals surface area contributed by atoms with Crippen molar-refractivity contribution in [2.75, 3.05) is 0 Å². The topological polar surface area (TPSA) is 54.4 Å². The molecule has 0 saturated carbocycles. The zero-order chi connectivity index (χ0) is 9.23. The molecule has 2 unspecified atom stereocenters. The third-order valence-corrected chi connectivity index (χ3v) is 3.63. The molecular formula is C7H16O3S. The summed E-state index contributed by atoms with van der Waals surface area (Å²) in [4.78, 5) is 0. The molecule has 0 rings (SSSR count). The predicted molar refractivity (Wildman–Crippen MR) is 45.0 cm³/mol. The highest BCUT2D eigenvalue weighted by Gasteiger charge is 2.25. The van der Waals surface area contributed by atoms with Crippen LogP contribution >= 0.6 is 0 Å². The van der Waals surface area contributed by atoms with Crippen LogP contribution in [0.25, 0.3) is 0 Å². The molecule has 0 spiro atoms. The molecule has 3 nitrogen and oxygen atoms in total. The van der Waals surface area contributed by atoms with Gasteiger partial charge in [0.25, 0.3) is 10.1 Å². The summed E-state index contributed by atoms with van der Waals surface area (Å²) in [7, 11) is -3.85. The van der Waals surface area contributed by atoms with Crippen LogP contribution in [0.1, 0.15) is 27.7 Å².